The van der Waals surface area contributed by atoms with Crippen LogP contribution in [0.2, 0.25) is 0 Å². The minimum Gasteiger partial charge on any atom is -0.425 e. The molecule has 0 aliphatic heterocycles. The first-order valence-corrected chi connectivity index (χ1v) is 7.15. The van der Waals surface area contributed by atoms with Crippen LogP contribution in [0.3, 0.4) is 0 Å². The quantitative estimate of drug-likeness (QED) is 0.918. The largest absolute Gasteiger partial charge is 0.425 e. The lowest BCUT2D eigenvalue weighted by atomic mass is 10.1. The van der Waals surface area contributed by atoms with Gasteiger partial charge in [0.1, 0.15) is 0 Å². The number of rotatable bonds is 5. The van der Waals surface area contributed by atoms with E-state index in [0.717, 1.165) is 5.56 Å². The van der Waals surface area contributed by atoms with E-state index in [0.29, 0.717) is 30.3 Å². The maximum atomic E-state index is 12.0. The van der Waals surface area contributed by atoms with Crippen molar-refractivity contribution in [3.63, 3.8) is 0 Å². The van der Waals surface area contributed by atoms with E-state index < -0.39 is 0 Å². The lowest BCUT2D eigenvalue weighted by Gasteiger charge is -2.06. The Hall–Kier alpha value is -2.17. The molecule has 1 heterocycles. The summed E-state index contributed by atoms with van der Waals surface area (Å²) in [6.45, 7) is 8.50. The van der Waals surface area contributed by atoms with Crippen LogP contribution in [-0.2, 0) is 6.42 Å². The molecule has 5 heteroatoms. The van der Waals surface area contributed by atoms with E-state index in [1.54, 1.807) is 0 Å². The van der Waals surface area contributed by atoms with Crippen LogP contribution in [0, 0.1) is 13.8 Å². The Morgan fingerprint density at radius 1 is 1.24 bits per heavy atom. The highest BCUT2D eigenvalue weighted by molar-refractivity contribution is 5.94. The number of hydrogen-bond acceptors (Lipinski definition) is 4. The third-order valence-electron chi connectivity index (χ3n) is 3.37. The van der Waals surface area contributed by atoms with Gasteiger partial charge in [-0.2, -0.15) is 0 Å². The molecule has 0 bridgehead atoms. The van der Waals surface area contributed by atoms with Gasteiger partial charge in [0, 0.05) is 24.4 Å². The second-order valence-electron chi connectivity index (χ2n) is 5.49. The van der Waals surface area contributed by atoms with Crippen LogP contribution in [0.4, 0.5) is 0 Å². The molecule has 5 nitrogen and oxygen atoms in total. The van der Waals surface area contributed by atoms with E-state index in [9.17, 15) is 4.79 Å². The monoisotopic (exact) mass is 287 g/mol. The average molecular weight is 287 g/mol. The normalized spacial score (nSPS) is 10.9. The van der Waals surface area contributed by atoms with Gasteiger partial charge >= 0.3 is 0 Å². The van der Waals surface area contributed by atoms with E-state index >= 15 is 0 Å². The van der Waals surface area contributed by atoms with Crippen molar-refractivity contribution in [3.05, 3.63) is 46.7 Å². The van der Waals surface area contributed by atoms with Gasteiger partial charge in [-0.05, 0) is 37.1 Å². The predicted octanol–water partition coefficient (Wildman–Crippen LogP) is 2.78. The van der Waals surface area contributed by atoms with Crippen molar-refractivity contribution in [1.82, 2.24) is 15.5 Å². The van der Waals surface area contributed by atoms with Crippen molar-refractivity contribution < 1.29 is 9.21 Å². The first-order valence-electron chi connectivity index (χ1n) is 7.15. The number of hydrogen-bond donors (Lipinski definition) is 1. The van der Waals surface area contributed by atoms with Crippen molar-refractivity contribution in [1.29, 1.82) is 0 Å². The van der Waals surface area contributed by atoms with Crippen LogP contribution in [0.15, 0.2) is 22.6 Å². The van der Waals surface area contributed by atoms with Crippen molar-refractivity contribution in [2.75, 3.05) is 6.54 Å². The maximum Gasteiger partial charge on any atom is 0.251 e. The Morgan fingerprint density at radius 2 is 2.00 bits per heavy atom. The predicted molar refractivity (Wildman–Crippen MR) is 80.3 cm³/mol. The zero-order valence-electron chi connectivity index (χ0n) is 12.9. The molecule has 2 rings (SSSR count). The van der Waals surface area contributed by atoms with Gasteiger partial charge in [0.15, 0.2) is 0 Å². The second-order valence-corrected chi connectivity index (χ2v) is 5.49. The van der Waals surface area contributed by atoms with Crippen molar-refractivity contribution in [2.45, 2.75) is 40.0 Å². The summed E-state index contributed by atoms with van der Waals surface area (Å²) in [5.74, 6) is 1.32. The van der Waals surface area contributed by atoms with E-state index in [-0.39, 0.29) is 11.8 Å². The van der Waals surface area contributed by atoms with Gasteiger partial charge in [0.25, 0.3) is 5.91 Å². The van der Waals surface area contributed by atoms with Crippen LogP contribution in [0.25, 0.3) is 0 Å². The summed E-state index contributed by atoms with van der Waals surface area (Å²) in [6.07, 6.45) is 0.538. The number of carbonyl (C=O) groups excluding carboxylic acids is 1. The van der Waals surface area contributed by atoms with Crippen molar-refractivity contribution >= 4 is 5.91 Å². The van der Waals surface area contributed by atoms with Gasteiger partial charge in [-0.1, -0.05) is 19.9 Å². The number of aryl methyl sites for hydroxylation is 2. The highest BCUT2D eigenvalue weighted by atomic mass is 16.4. The summed E-state index contributed by atoms with van der Waals surface area (Å²) in [4.78, 5) is 12.0. The van der Waals surface area contributed by atoms with E-state index in [1.165, 1.54) is 5.56 Å². The third kappa shape index (κ3) is 3.90. The highest BCUT2D eigenvalue weighted by Crippen LogP contribution is 2.12. The molecular formula is C16H21N3O2. The van der Waals surface area contributed by atoms with Gasteiger partial charge in [-0.3, -0.25) is 4.79 Å². The molecule has 0 atom stereocenters. The lowest BCUT2D eigenvalue weighted by Crippen LogP contribution is -2.25. The fourth-order valence-electron chi connectivity index (χ4n) is 1.87. The molecule has 1 amide bonds. The minimum atomic E-state index is -0.0818. The molecule has 0 fully saturated rings. The molecule has 112 valence electrons. The molecule has 0 saturated carbocycles. The summed E-state index contributed by atoms with van der Waals surface area (Å²) in [6, 6.07) is 5.69. The number of carbonyl (C=O) groups is 1. The first-order chi connectivity index (χ1) is 9.97. The molecule has 0 radical (unpaired) electrons. The third-order valence-corrected chi connectivity index (χ3v) is 3.37. The molecule has 0 spiro atoms. The fourth-order valence-corrected chi connectivity index (χ4v) is 1.87. The summed E-state index contributed by atoms with van der Waals surface area (Å²) < 4.78 is 5.49. The Kier molecular flexibility index (Phi) is 4.73. The summed E-state index contributed by atoms with van der Waals surface area (Å²) >= 11 is 0. The number of nitrogens with zero attached hydrogens (tertiary/aromatic N) is 2. The lowest BCUT2D eigenvalue weighted by molar-refractivity contribution is 0.0953. The van der Waals surface area contributed by atoms with E-state index in [2.05, 4.69) is 15.5 Å². The zero-order chi connectivity index (χ0) is 15.4. The van der Waals surface area contributed by atoms with Crippen LogP contribution < -0.4 is 5.32 Å². The van der Waals surface area contributed by atoms with Crippen molar-refractivity contribution in [3.8, 4) is 0 Å². The smallest absolute Gasteiger partial charge is 0.251 e. The molecule has 1 aromatic heterocycles. The first kappa shape index (κ1) is 15.2. The fraction of sp³-hybridized carbons (Fsp3) is 0.438. The van der Waals surface area contributed by atoms with Gasteiger partial charge in [-0.25, -0.2) is 0 Å². The van der Waals surface area contributed by atoms with Gasteiger partial charge in [-0.15, -0.1) is 10.2 Å². The maximum absolute atomic E-state index is 12.0. The molecule has 1 aromatic carbocycles. The standard InChI is InChI=1S/C16H21N3O2/c1-10(2)16-19-18-14(21-16)7-8-17-15(20)13-6-5-11(3)12(4)9-13/h5-6,9-10H,7-8H2,1-4H3,(H,17,20). The molecule has 0 saturated heterocycles. The topological polar surface area (TPSA) is 68.0 Å². The number of nitrogens with one attached hydrogen (secondary N) is 1. The number of benzene rings is 1. The average Bonchev–Trinajstić information content (AvgIpc) is 2.91. The highest BCUT2D eigenvalue weighted by Gasteiger charge is 2.10. The van der Waals surface area contributed by atoms with Crippen LogP contribution in [0.5, 0.6) is 0 Å². The van der Waals surface area contributed by atoms with Crippen molar-refractivity contribution in [2.24, 2.45) is 0 Å². The van der Waals surface area contributed by atoms with Gasteiger partial charge in [0.2, 0.25) is 11.8 Å². The number of aromatic nitrogens is 2. The minimum absolute atomic E-state index is 0.0818. The molecule has 21 heavy (non-hydrogen) atoms. The Bertz CT molecular complexity index is 632. The summed E-state index contributed by atoms with van der Waals surface area (Å²) in [5, 5.41) is 10.8. The molecule has 0 aliphatic rings. The molecule has 1 N–H and O–H groups in total. The van der Waals surface area contributed by atoms with E-state index in [4.69, 9.17) is 4.42 Å². The van der Waals surface area contributed by atoms with Crippen LogP contribution >= 0.6 is 0 Å². The van der Waals surface area contributed by atoms with Gasteiger partial charge < -0.3 is 9.73 Å². The van der Waals surface area contributed by atoms with Gasteiger partial charge in [0.05, 0.1) is 0 Å². The Balaban J connectivity index is 1.87. The summed E-state index contributed by atoms with van der Waals surface area (Å²) in [7, 11) is 0. The number of amides is 1. The molecule has 2 aromatic rings. The Labute approximate surface area is 124 Å². The molecule has 0 aliphatic carbocycles. The van der Waals surface area contributed by atoms with Crippen LogP contribution in [0.1, 0.15) is 53.0 Å². The SMILES string of the molecule is Cc1ccc(C(=O)NCCc2nnc(C(C)C)o2)cc1C. The summed E-state index contributed by atoms with van der Waals surface area (Å²) in [5.41, 5.74) is 2.96. The zero-order valence-corrected chi connectivity index (χ0v) is 12.9. The van der Waals surface area contributed by atoms with E-state index in [1.807, 2.05) is 45.9 Å². The molecule has 0 unspecified atom stereocenters. The second kappa shape index (κ2) is 6.52. The Morgan fingerprint density at radius 3 is 2.62 bits per heavy atom. The van der Waals surface area contributed by atoms with Crippen LogP contribution in [-0.4, -0.2) is 22.6 Å². The molecular weight excluding hydrogens is 266 g/mol.